The van der Waals surface area contributed by atoms with E-state index in [0.717, 1.165) is 5.52 Å². The van der Waals surface area contributed by atoms with Crippen molar-refractivity contribution in [2.75, 3.05) is 0 Å². The van der Waals surface area contributed by atoms with Crippen LogP contribution in [0.5, 0.6) is 0 Å². The highest BCUT2D eigenvalue weighted by Crippen LogP contribution is 1.96. The first-order chi connectivity index (χ1) is 4.97. The summed E-state index contributed by atoms with van der Waals surface area (Å²) < 4.78 is 0. The van der Waals surface area contributed by atoms with Gasteiger partial charge >= 0.3 is 0 Å². The van der Waals surface area contributed by atoms with Crippen LogP contribution >= 0.6 is 0 Å². The Morgan fingerprint density at radius 3 is 2.58 bits per heavy atom. The molecule has 12 heavy (non-hydrogen) atoms. The lowest BCUT2D eigenvalue weighted by Gasteiger charge is -1.82. The maximum Gasteiger partial charge on any atom is 0.295 e. The van der Waals surface area contributed by atoms with Gasteiger partial charge in [0.25, 0.3) is 12.0 Å². The minimum Gasteiger partial charge on any atom is -1.00 e. The number of fused-ring (bicyclic) bond motifs is 1. The van der Waals surface area contributed by atoms with Gasteiger partial charge < -0.3 is 29.5 Å². The first kappa shape index (κ1) is 11.1. The Morgan fingerprint density at radius 1 is 1.08 bits per heavy atom. The van der Waals surface area contributed by atoms with Crippen LogP contribution in [0.1, 0.15) is 0 Å². The summed E-state index contributed by atoms with van der Waals surface area (Å²) in [5.74, 6) is 0. The molecule has 2 aromatic rings. The van der Waals surface area contributed by atoms with Crippen LogP contribution in [0.3, 0.4) is 0 Å². The van der Waals surface area contributed by atoms with Gasteiger partial charge in [-0.2, -0.15) is 0 Å². The second kappa shape index (κ2) is 4.88. The molecule has 0 fully saturated rings. The van der Waals surface area contributed by atoms with Crippen molar-refractivity contribution in [2.24, 2.45) is 0 Å². The molecule has 6 heteroatoms. The minimum absolute atomic E-state index is 0. The van der Waals surface area contributed by atoms with E-state index in [1.807, 2.05) is 0 Å². The molecule has 5 nitrogen and oxygen atoms in total. The summed E-state index contributed by atoms with van der Waals surface area (Å²) in [4.78, 5) is 14.8. The number of halogens is 1. The lowest BCUT2D eigenvalue weighted by Crippen LogP contribution is -3.00. The first-order valence-corrected chi connectivity index (χ1v) is 2.89. The van der Waals surface area contributed by atoms with Crippen LogP contribution in [-0.2, 0) is 0 Å². The van der Waals surface area contributed by atoms with Crippen LogP contribution in [0, 0.1) is 0 Å². The molecule has 0 aliphatic rings. The number of hydrogen-bond acceptors (Lipinski definition) is 3. The van der Waals surface area contributed by atoms with Crippen molar-refractivity contribution in [3.05, 3.63) is 24.9 Å². The van der Waals surface area contributed by atoms with E-state index in [1.54, 1.807) is 24.9 Å². The fourth-order valence-electron chi connectivity index (χ4n) is 0.757. The van der Waals surface area contributed by atoms with Crippen LogP contribution in [0.15, 0.2) is 24.9 Å². The highest BCUT2D eigenvalue weighted by atomic mass is 127. The van der Waals surface area contributed by atoms with Crippen molar-refractivity contribution in [3.63, 3.8) is 0 Å². The third-order valence-corrected chi connectivity index (χ3v) is 1.19. The van der Waals surface area contributed by atoms with E-state index < -0.39 is 0 Å². The molecule has 0 saturated carbocycles. The average molecular weight is 278 g/mol. The molecule has 64 valence electrons. The zero-order valence-corrected chi connectivity index (χ0v) is 8.19. The van der Waals surface area contributed by atoms with E-state index in [0.29, 0.717) is 5.65 Å². The normalized spacial score (nSPS) is 8.33. The van der Waals surface area contributed by atoms with Gasteiger partial charge in [0.1, 0.15) is 6.20 Å². The Bertz CT molecular complexity index is 291. The van der Waals surface area contributed by atoms with Crippen LogP contribution < -0.4 is 29.0 Å². The van der Waals surface area contributed by atoms with Gasteiger partial charge in [-0.25, -0.2) is 15.0 Å². The quantitative estimate of drug-likeness (QED) is 0.461. The monoisotopic (exact) mass is 278 g/mol. The summed E-state index contributed by atoms with van der Waals surface area (Å²) >= 11 is 0. The van der Waals surface area contributed by atoms with E-state index in [-0.39, 0.29) is 29.5 Å². The topological polar surface area (TPSA) is 84.3 Å². The summed E-state index contributed by atoms with van der Waals surface area (Å²) in [6.07, 6.45) is 6.60. The Morgan fingerprint density at radius 2 is 1.83 bits per heavy atom. The van der Waals surface area contributed by atoms with E-state index in [2.05, 4.69) is 19.9 Å². The third-order valence-electron chi connectivity index (χ3n) is 1.19. The number of nitrogens with zero attached hydrogens (tertiary/aromatic N) is 3. The van der Waals surface area contributed by atoms with Gasteiger partial charge in [0.15, 0.2) is 5.52 Å². The first-order valence-electron chi connectivity index (χ1n) is 2.89. The molecule has 0 atom stereocenters. The molecule has 0 aliphatic carbocycles. The van der Waals surface area contributed by atoms with Crippen LogP contribution in [0.4, 0.5) is 0 Å². The second-order valence-electron chi connectivity index (χ2n) is 1.83. The summed E-state index contributed by atoms with van der Waals surface area (Å²) in [6.45, 7) is 0. The third kappa shape index (κ3) is 2.05. The fourth-order valence-corrected chi connectivity index (χ4v) is 0.757. The van der Waals surface area contributed by atoms with Gasteiger partial charge in [0.2, 0.25) is 0 Å². The molecular weight excluding hydrogens is 271 g/mol. The second-order valence-corrected chi connectivity index (χ2v) is 1.83. The van der Waals surface area contributed by atoms with Crippen LogP contribution in [-0.4, -0.2) is 20.4 Å². The van der Waals surface area contributed by atoms with Crippen molar-refractivity contribution in [3.8, 4) is 0 Å². The molecule has 0 spiro atoms. The number of rotatable bonds is 0. The molecule has 0 radical (unpaired) electrons. The number of H-pyrrole nitrogens is 1. The predicted molar refractivity (Wildman–Crippen MR) is 37.5 cm³/mol. The van der Waals surface area contributed by atoms with Crippen LogP contribution in [0.25, 0.3) is 11.2 Å². The summed E-state index contributed by atoms with van der Waals surface area (Å²) in [6, 6.07) is 0. The number of aromatic nitrogens is 4. The Labute approximate surface area is 85.6 Å². The van der Waals surface area contributed by atoms with E-state index in [1.165, 1.54) is 0 Å². The van der Waals surface area contributed by atoms with Gasteiger partial charge in [0.05, 0.1) is 0 Å². The van der Waals surface area contributed by atoms with Gasteiger partial charge in [-0.3, -0.25) is 0 Å². The number of nitrogens with one attached hydrogen (secondary N) is 1. The molecule has 2 aromatic heterocycles. The zero-order chi connectivity index (χ0) is 6.81. The smallest absolute Gasteiger partial charge is 0.295 e. The lowest BCUT2D eigenvalue weighted by molar-refractivity contribution is -0.380. The minimum atomic E-state index is 0. The fraction of sp³-hybridized carbons (Fsp3) is 0. The van der Waals surface area contributed by atoms with Gasteiger partial charge in [0, 0.05) is 12.4 Å². The molecule has 0 unspecified atom stereocenters. The lowest BCUT2D eigenvalue weighted by atomic mass is 10.5. The average Bonchev–Trinajstić information content (AvgIpc) is 2.05. The highest BCUT2D eigenvalue weighted by molar-refractivity contribution is 5.65. The maximum atomic E-state index is 4.02. The SMILES string of the molecule is O.[I-].c1cnc2nc[nH+]cc2n1. The van der Waals surface area contributed by atoms with E-state index in [9.17, 15) is 0 Å². The van der Waals surface area contributed by atoms with Crippen molar-refractivity contribution in [1.29, 1.82) is 0 Å². The molecule has 3 N–H and O–H groups in total. The van der Waals surface area contributed by atoms with Gasteiger partial charge in [-0.1, -0.05) is 0 Å². The zero-order valence-electron chi connectivity index (χ0n) is 6.03. The van der Waals surface area contributed by atoms with E-state index >= 15 is 0 Å². The van der Waals surface area contributed by atoms with E-state index in [4.69, 9.17) is 0 Å². The van der Waals surface area contributed by atoms with Crippen molar-refractivity contribution >= 4 is 11.2 Å². The standard InChI is InChI=1S/C6H4N4.HI.H2O/c1-2-9-6-5(8-1)3-7-4-10-6;;/h1-4H;1H;1H2. The van der Waals surface area contributed by atoms with Crippen molar-refractivity contribution in [1.82, 2.24) is 15.0 Å². The largest absolute Gasteiger partial charge is 1.00 e. The summed E-state index contributed by atoms with van der Waals surface area (Å²) in [5, 5.41) is 0. The Balaban J connectivity index is 0.000000605. The number of aromatic amines is 1. The molecule has 0 aliphatic heterocycles. The molecule has 0 amide bonds. The molecule has 0 bridgehead atoms. The molecular formula is C6H7IN4O. The highest BCUT2D eigenvalue weighted by Gasteiger charge is 1.98. The summed E-state index contributed by atoms with van der Waals surface area (Å²) in [7, 11) is 0. The molecule has 0 aromatic carbocycles. The van der Waals surface area contributed by atoms with Gasteiger partial charge in [-0.05, 0) is 4.98 Å². The van der Waals surface area contributed by atoms with Crippen molar-refractivity contribution in [2.45, 2.75) is 0 Å². The Kier molecular flexibility index (Phi) is 4.52. The maximum absolute atomic E-state index is 4.02. The van der Waals surface area contributed by atoms with Crippen molar-refractivity contribution < 1.29 is 34.4 Å². The van der Waals surface area contributed by atoms with Gasteiger partial charge in [-0.15, -0.1) is 0 Å². The number of hydrogen-bond donors (Lipinski definition) is 0. The molecule has 2 heterocycles. The molecule has 2 rings (SSSR count). The Hall–Kier alpha value is -0.890. The molecule has 0 saturated heterocycles. The predicted octanol–water partition coefficient (Wildman–Crippen LogP) is -3.98. The summed E-state index contributed by atoms with van der Waals surface area (Å²) in [5.41, 5.74) is 1.45. The van der Waals surface area contributed by atoms with Crippen LogP contribution in [0.2, 0.25) is 0 Å².